The molecule has 0 atom stereocenters. The van der Waals surface area contributed by atoms with E-state index in [-0.39, 0.29) is 20.6 Å². The fraction of sp³-hybridized carbons (Fsp3) is 0.0870. The zero-order valence-electron chi connectivity index (χ0n) is 16.2. The number of nitrogens with zero attached hydrogens (tertiary/aromatic N) is 1. The molecule has 0 fully saturated rings. The maximum atomic E-state index is 13.5. The first-order valence-corrected chi connectivity index (χ1v) is 11.5. The molecule has 30 heavy (non-hydrogen) atoms. The second kappa shape index (κ2) is 9.61. The van der Waals surface area contributed by atoms with Gasteiger partial charge in [-0.1, -0.05) is 42.5 Å². The first kappa shape index (κ1) is 21.6. The molecule has 4 nitrogen and oxygen atoms in total. The van der Waals surface area contributed by atoms with E-state index in [4.69, 9.17) is 0 Å². The van der Waals surface area contributed by atoms with Gasteiger partial charge in [-0.3, -0.25) is 0 Å². The quantitative estimate of drug-likeness (QED) is 0.483. The summed E-state index contributed by atoms with van der Waals surface area (Å²) in [4.78, 5) is -0.340. The molecule has 0 aliphatic carbocycles. The van der Waals surface area contributed by atoms with E-state index < -0.39 is 9.84 Å². The molecule has 0 saturated carbocycles. The summed E-state index contributed by atoms with van der Waals surface area (Å²) in [5, 5.41) is 13.0. The van der Waals surface area contributed by atoms with Gasteiger partial charge in [0.1, 0.15) is 16.9 Å². The summed E-state index contributed by atoms with van der Waals surface area (Å²) in [7, 11) is -4.03. The van der Waals surface area contributed by atoms with Gasteiger partial charge in [0.15, 0.2) is 4.91 Å². The van der Waals surface area contributed by atoms with Crippen LogP contribution in [0, 0.1) is 24.1 Å². The van der Waals surface area contributed by atoms with Crippen LogP contribution in [0.15, 0.2) is 93.7 Å². The molecule has 0 aromatic heterocycles. The average molecular weight is 439 g/mol. The summed E-state index contributed by atoms with van der Waals surface area (Å²) >= 11 is 1.14. The van der Waals surface area contributed by atoms with E-state index in [0.717, 1.165) is 17.3 Å². The van der Waals surface area contributed by atoms with Crippen molar-refractivity contribution in [3.05, 3.63) is 106 Å². The Morgan fingerprint density at radius 2 is 1.77 bits per heavy atom. The summed E-state index contributed by atoms with van der Waals surface area (Å²) in [6.07, 6.45) is 0. The Kier molecular flexibility index (Phi) is 6.93. The Bertz CT molecular complexity index is 1220. The van der Waals surface area contributed by atoms with Crippen LogP contribution in [-0.2, 0) is 15.6 Å². The molecule has 0 spiro atoms. The zero-order valence-corrected chi connectivity index (χ0v) is 17.8. The van der Waals surface area contributed by atoms with Gasteiger partial charge in [-0.05, 0) is 54.4 Å². The van der Waals surface area contributed by atoms with Crippen molar-refractivity contribution in [1.29, 1.82) is 5.26 Å². The van der Waals surface area contributed by atoms with E-state index in [9.17, 15) is 18.1 Å². The predicted octanol–water partition coefficient (Wildman–Crippen LogP) is 5.65. The first-order chi connectivity index (χ1) is 14.4. The van der Waals surface area contributed by atoms with Gasteiger partial charge in [-0.25, -0.2) is 12.8 Å². The number of rotatable bonds is 7. The minimum atomic E-state index is -4.03. The van der Waals surface area contributed by atoms with Gasteiger partial charge >= 0.3 is 0 Å². The van der Waals surface area contributed by atoms with E-state index in [0.29, 0.717) is 17.0 Å². The van der Waals surface area contributed by atoms with Crippen LogP contribution in [0.4, 0.5) is 10.1 Å². The molecule has 0 aliphatic heterocycles. The highest BCUT2D eigenvalue weighted by molar-refractivity contribution is 8.04. The molecule has 0 heterocycles. The fourth-order valence-corrected chi connectivity index (χ4v) is 5.27. The van der Waals surface area contributed by atoms with Crippen LogP contribution in [0.2, 0.25) is 0 Å². The lowest BCUT2D eigenvalue weighted by atomic mass is 10.2. The number of anilines is 1. The van der Waals surface area contributed by atoms with Gasteiger partial charge in [0.25, 0.3) is 0 Å². The number of aryl methyl sites for hydroxylation is 1. The average Bonchev–Trinajstić information content (AvgIpc) is 2.73. The third kappa shape index (κ3) is 5.29. The van der Waals surface area contributed by atoms with E-state index in [1.165, 1.54) is 24.3 Å². The molecule has 3 rings (SSSR count). The Morgan fingerprint density at radius 1 is 1.03 bits per heavy atom. The van der Waals surface area contributed by atoms with E-state index in [2.05, 4.69) is 5.32 Å². The molecule has 3 aromatic rings. The highest BCUT2D eigenvalue weighted by Crippen LogP contribution is 2.31. The van der Waals surface area contributed by atoms with Crippen molar-refractivity contribution in [2.75, 3.05) is 5.32 Å². The first-order valence-electron chi connectivity index (χ1n) is 9.05. The molecule has 0 bridgehead atoms. The van der Waals surface area contributed by atoms with Crippen LogP contribution in [0.5, 0.6) is 0 Å². The molecule has 0 radical (unpaired) electrons. The SMILES string of the molecule is Cc1cccc(N/C(SCc2cccc(F)c2)=C(/C#N)S(=O)(=O)c2ccccc2)c1. The fourth-order valence-electron chi connectivity index (χ4n) is 2.74. The zero-order chi connectivity index (χ0) is 21.6. The minimum absolute atomic E-state index is 0.0384. The normalized spacial score (nSPS) is 12.0. The highest BCUT2D eigenvalue weighted by atomic mass is 32.2. The second-order valence-corrected chi connectivity index (χ2v) is 9.37. The summed E-state index contributed by atoms with van der Waals surface area (Å²) in [6.45, 7) is 1.92. The minimum Gasteiger partial charge on any atom is -0.349 e. The van der Waals surface area contributed by atoms with Crippen molar-refractivity contribution in [2.24, 2.45) is 0 Å². The highest BCUT2D eigenvalue weighted by Gasteiger charge is 2.25. The molecule has 0 amide bonds. The van der Waals surface area contributed by atoms with Gasteiger partial charge in [0.05, 0.1) is 4.90 Å². The summed E-state index contributed by atoms with van der Waals surface area (Å²) in [5.41, 5.74) is 2.32. The molecule has 1 N–H and O–H groups in total. The summed E-state index contributed by atoms with van der Waals surface area (Å²) in [5.74, 6) is -0.0795. The Morgan fingerprint density at radius 3 is 2.43 bits per heavy atom. The second-order valence-electron chi connectivity index (χ2n) is 6.50. The maximum Gasteiger partial charge on any atom is 0.219 e. The van der Waals surface area contributed by atoms with Crippen LogP contribution in [0.25, 0.3) is 0 Å². The number of halogens is 1. The van der Waals surface area contributed by atoms with Gasteiger partial charge in [-0.2, -0.15) is 5.26 Å². The maximum absolute atomic E-state index is 13.5. The number of hydrogen-bond acceptors (Lipinski definition) is 5. The number of hydrogen-bond donors (Lipinski definition) is 1. The van der Waals surface area contributed by atoms with E-state index in [1.807, 2.05) is 31.2 Å². The summed E-state index contributed by atoms with van der Waals surface area (Å²) < 4.78 is 39.8. The molecule has 0 saturated heterocycles. The Hall–Kier alpha value is -3.08. The predicted molar refractivity (Wildman–Crippen MR) is 119 cm³/mol. The largest absolute Gasteiger partial charge is 0.349 e. The number of sulfone groups is 1. The van der Waals surface area contributed by atoms with Crippen LogP contribution in [-0.4, -0.2) is 8.42 Å². The van der Waals surface area contributed by atoms with Crippen LogP contribution >= 0.6 is 11.8 Å². The number of nitriles is 1. The van der Waals surface area contributed by atoms with Crippen molar-refractivity contribution in [3.63, 3.8) is 0 Å². The molecule has 152 valence electrons. The van der Waals surface area contributed by atoms with Gasteiger partial charge in [0.2, 0.25) is 9.84 Å². The smallest absolute Gasteiger partial charge is 0.219 e. The van der Waals surface area contributed by atoms with Gasteiger partial charge in [-0.15, -0.1) is 11.8 Å². The van der Waals surface area contributed by atoms with Crippen LogP contribution in [0.3, 0.4) is 0 Å². The lowest BCUT2D eigenvalue weighted by Gasteiger charge is -2.14. The number of thioether (sulfide) groups is 1. The van der Waals surface area contributed by atoms with Gasteiger partial charge in [0, 0.05) is 11.4 Å². The lowest BCUT2D eigenvalue weighted by molar-refractivity contribution is 0.603. The molecule has 0 unspecified atom stereocenters. The van der Waals surface area contributed by atoms with Crippen molar-refractivity contribution >= 4 is 27.3 Å². The molecular formula is C23H19FN2O2S2. The lowest BCUT2D eigenvalue weighted by Crippen LogP contribution is -2.10. The van der Waals surface area contributed by atoms with Crippen molar-refractivity contribution < 1.29 is 12.8 Å². The van der Waals surface area contributed by atoms with Crippen molar-refractivity contribution in [3.8, 4) is 6.07 Å². The Labute approximate surface area is 180 Å². The summed E-state index contributed by atoms with van der Waals surface area (Å²) in [6, 6.07) is 23.2. The van der Waals surface area contributed by atoms with E-state index >= 15 is 0 Å². The third-order valence-corrected chi connectivity index (χ3v) is 7.11. The molecule has 0 aliphatic rings. The standard InChI is InChI=1S/C23H19FN2O2S2/c1-17-7-5-10-20(13-17)26-23(29-16-18-8-6-9-19(24)14-18)22(15-25)30(27,28)21-11-3-2-4-12-21/h2-14,26H,16H2,1H3/b23-22+. The number of allylic oxidation sites excluding steroid dienone is 1. The topological polar surface area (TPSA) is 70.0 Å². The van der Waals surface area contributed by atoms with E-state index in [1.54, 1.807) is 36.4 Å². The molecular weight excluding hydrogens is 419 g/mol. The number of benzene rings is 3. The van der Waals surface area contributed by atoms with Crippen LogP contribution < -0.4 is 5.32 Å². The molecule has 7 heteroatoms. The molecule has 3 aromatic carbocycles. The van der Waals surface area contributed by atoms with Crippen molar-refractivity contribution in [2.45, 2.75) is 17.6 Å². The van der Waals surface area contributed by atoms with Crippen LogP contribution in [0.1, 0.15) is 11.1 Å². The third-order valence-electron chi connectivity index (χ3n) is 4.18. The van der Waals surface area contributed by atoms with Gasteiger partial charge < -0.3 is 5.32 Å². The monoisotopic (exact) mass is 438 g/mol. The number of nitrogens with one attached hydrogen (secondary N) is 1. The van der Waals surface area contributed by atoms with Crippen molar-refractivity contribution in [1.82, 2.24) is 0 Å². The Balaban J connectivity index is 2.04.